The maximum absolute atomic E-state index is 13.5. The maximum Gasteiger partial charge on any atom is 0.227 e. The van der Waals surface area contributed by atoms with Crippen LogP contribution in [0.4, 0.5) is 8.78 Å². The number of aromatic nitrogens is 2. The molecule has 1 aromatic heterocycles. The van der Waals surface area contributed by atoms with Gasteiger partial charge in [0.2, 0.25) is 5.88 Å². The van der Waals surface area contributed by atoms with Crippen molar-refractivity contribution in [2.24, 2.45) is 0 Å². The van der Waals surface area contributed by atoms with Gasteiger partial charge in [0, 0.05) is 19.1 Å². The van der Waals surface area contributed by atoms with Crippen molar-refractivity contribution in [1.29, 1.82) is 0 Å². The molecule has 0 bridgehead atoms. The number of nitrogens with zero attached hydrogens (tertiary/aromatic N) is 3. The number of terminal acetylenes is 1. The molecule has 1 heterocycles. The third kappa shape index (κ3) is 6.64. The van der Waals surface area contributed by atoms with Gasteiger partial charge >= 0.3 is 0 Å². The van der Waals surface area contributed by atoms with Gasteiger partial charge in [0.1, 0.15) is 24.0 Å². The lowest BCUT2D eigenvalue weighted by Gasteiger charge is -2.28. The third-order valence-corrected chi connectivity index (χ3v) is 5.27. The number of aliphatic hydroxyl groups excluding tert-OH is 1. The number of hydrogen-bond acceptors (Lipinski definition) is 5. The molecule has 6 nitrogen and oxygen atoms in total. The molecule has 0 fully saturated rings. The molecular formula is C26H29F2N3O3. The Balaban J connectivity index is 1.95. The fourth-order valence-electron chi connectivity index (χ4n) is 3.44. The van der Waals surface area contributed by atoms with E-state index in [0.717, 1.165) is 5.56 Å². The van der Waals surface area contributed by atoms with Gasteiger partial charge in [-0.1, -0.05) is 5.92 Å². The van der Waals surface area contributed by atoms with E-state index in [4.69, 9.17) is 15.9 Å². The first-order valence-corrected chi connectivity index (χ1v) is 11.0. The first-order chi connectivity index (χ1) is 16.3. The number of rotatable bonds is 11. The van der Waals surface area contributed by atoms with Gasteiger partial charge in [-0.3, -0.25) is 4.90 Å². The van der Waals surface area contributed by atoms with Gasteiger partial charge in [0.25, 0.3) is 0 Å². The summed E-state index contributed by atoms with van der Waals surface area (Å²) in [5.41, 5.74) is 2.12. The zero-order valence-electron chi connectivity index (χ0n) is 19.5. The van der Waals surface area contributed by atoms with E-state index in [1.165, 1.54) is 36.4 Å². The largest absolute Gasteiger partial charge is 0.439 e. The van der Waals surface area contributed by atoms with Gasteiger partial charge in [0.05, 0.1) is 29.7 Å². The monoisotopic (exact) mass is 469 g/mol. The van der Waals surface area contributed by atoms with Crippen LogP contribution >= 0.6 is 0 Å². The van der Waals surface area contributed by atoms with Crippen molar-refractivity contribution in [2.45, 2.75) is 39.5 Å². The van der Waals surface area contributed by atoms with Crippen LogP contribution in [0.3, 0.4) is 0 Å². The number of aryl methyl sites for hydroxylation is 1. The number of ether oxygens (including phenoxy) is 2. The summed E-state index contributed by atoms with van der Waals surface area (Å²) in [6, 6.07) is 11.7. The molecule has 0 aliphatic rings. The molecule has 0 saturated carbocycles. The van der Waals surface area contributed by atoms with Gasteiger partial charge in [0.15, 0.2) is 0 Å². The first-order valence-electron chi connectivity index (χ1n) is 11.0. The second-order valence-corrected chi connectivity index (χ2v) is 8.21. The van der Waals surface area contributed by atoms with Gasteiger partial charge < -0.3 is 14.6 Å². The molecule has 1 N–H and O–H groups in total. The highest BCUT2D eigenvalue weighted by Crippen LogP contribution is 2.32. The summed E-state index contributed by atoms with van der Waals surface area (Å²) >= 11 is 0. The number of benzene rings is 2. The van der Waals surface area contributed by atoms with E-state index in [2.05, 4.69) is 15.9 Å². The van der Waals surface area contributed by atoms with Gasteiger partial charge in [-0.05, 0) is 69.3 Å². The minimum atomic E-state index is -0.732. The molecular weight excluding hydrogens is 440 g/mol. The summed E-state index contributed by atoms with van der Waals surface area (Å²) in [5.74, 6) is 2.51. The van der Waals surface area contributed by atoms with Crippen molar-refractivity contribution in [3.05, 3.63) is 71.4 Å². The van der Waals surface area contributed by atoms with Crippen molar-refractivity contribution in [2.75, 3.05) is 19.8 Å². The standard InChI is InChI=1S/C26H29F2N3O3/c1-5-14-33-17-23(32)15-30(18(2)3)16-25-19(4)29-31(22-10-6-20(27)7-11-22)26(25)34-24-12-8-21(28)9-13-24/h1,6-13,18,23,32H,14-17H2,2-4H3/t23-/m1/s1. The van der Waals surface area contributed by atoms with E-state index in [-0.39, 0.29) is 30.9 Å². The van der Waals surface area contributed by atoms with Crippen molar-refractivity contribution in [1.82, 2.24) is 14.7 Å². The SMILES string of the molecule is C#CCOC[C@H](O)CN(Cc1c(C)nn(-c2ccc(F)cc2)c1Oc1ccc(F)cc1)C(C)C. The molecule has 8 heteroatoms. The van der Waals surface area contributed by atoms with Gasteiger partial charge in [-0.25, -0.2) is 13.5 Å². The molecule has 0 radical (unpaired) electrons. The van der Waals surface area contributed by atoms with Crippen LogP contribution in [-0.4, -0.2) is 51.7 Å². The molecule has 0 saturated heterocycles. The van der Waals surface area contributed by atoms with Crippen LogP contribution in [0.5, 0.6) is 11.6 Å². The molecule has 0 aliphatic carbocycles. The molecule has 3 aromatic rings. The van der Waals surface area contributed by atoms with E-state index < -0.39 is 6.10 Å². The molecule has 34 heavy (non-hydrogen) atoms. The van der Waals surface area contributed by atoms with Gasteiger partial charge in [-0.2, -0.15) is 5.10 Å². The maximum atomic E-state index is 13.5. The molecule has 0 amide bonds. The summed E-state index contributed by atoms with van der Waals surface area (Å²) in [6.07, 6.45) is 4.47. The molecule has 3 rings (SSSR count). The summed E-state index contributed by atoms with van der Waals surface area (Å²) in [5, 5.41) is 15.1. The van der Waals surface area contributed by atoms with E-state index in [1.807, 2.05) is 20.8 Å². The quantitative estimate of drug-likeness (QED) is 0.332. The Morgan fingerprint density at radius 2 is 1.71 bits per heavy atom. The average molecular weight is 470 g/mol. The number of aliphatic hydroxyl groups is 1. The second-order valence-electron chi connectivity index (χ2n) is 8.21. The van der Waals surface area contributed by atoms with Crippen molar-refractivity contribution in [3.8, 4) is 29.7 Å². The van der Waals surface area contributed by atoms with Crippen LogP contribution in [0.25, 0.3) is 5.69 Å². The molecule has 0 spiro atoms. The van der Waals surface area contributed by atoms with Gasteiger partial charge in [-0.15, -0.1) is 6.42 Å². The molecule has 2 aromatic carbocycles. The minimum Gasteiger partial charge on any atom is -0.439 e. The number of hydrogen-bond donors (Lipinski definition) is 1. The van der Waals surface area contributed by atoms with Crippen molar-refractivity contribution in [3.63, 3.8) is 0 Å². The lowest BCUT2D eigenvalue weighted by molar-refractivity contribution is 0.0190. The fourth-order valence-corrected chi connectivity index (χ4v) is 3.44. The third-order valence-electron chi connectivity index (χ3n) is 5.27. The summed E-state index contributed by atoms with van der Waals surface area (Å²) in [7, 11) is 0. The number of halogens is 2. The van der Waals surface area contributed by atoms with Crippen molar-refractivity contribution < 1.29 is 23.4 Å². The Kier molecular flexibility index (Phi) is 8.77. The summed E-state index contributed by atoms with van der Waals surface area (Å²) in [4.78, 5) is 2.07. The predicted molar refractivity (Wildman–Crippen MR) is 126 cm³/mol. The lowest BCUT2D eigenvalue weighted by atomic mass is 10.2. The molecule has 1 atom stereocenters. The summed E-state index contributed by atoms with van der Waals surface area (Å²) in [6.45, 7) is 6.94. The van der Waals surface area contributed by atoms with Crippen LogP contribution in [-0.2, 0) is 11.3 Å². The molecule has 0 aliphatic heterocycles. The minimum absolute atomic E-state index is 0.0922. The Morgan fingerprint density at radius 3 is 2.29 bits per heavy atom. The fraction of sp³-hybridized carbons (Fsp3) is 0.346. The zero-order valence-corrected chi connectivity index (χ0v) is 19.5. The van der Waals surface area contributed by atoms with Crippen LogP contribution in [0, 0.1) is 30.9 Å². The highest BCUT2D eigenvalue weighted by molar-refractivity contribution is 5.43. The second kappa shape index (κ2) is 11.7. The Hall–Kier alpha value is -3.25. The first kappa shape index (κ1) is 25.4. The Bertz CT molecular complexity index is 1110. The van der Waals surface area contributed by atoms with Crippen LogP contribution < -0.4 is 4.74 Å². The van der Waals surface area contributed by atoms with E-state index >= 15 is 0 Å². The highest BCUT2D eigenvalue weighted by Gasteiger charge is 2.24. The molecule has 0 unspecified atom stereocenters. The average Bonchev–Trinajstić information content (AvgIpc) is 3.10. The lowest BCUT2D eigenvalue weighted by Crippen LogP contribution is -2.39. The topological polar surface area (TPSA) is 59.8 Å². The van der Waals surface area contributed by atoms with Crippen LogP contribution in [0.15, 0.2) is 48.5 Å². The van der Waals surface area contributed by atoms with E-state index in [0.29, 0.717) is 36.1 Å². The normalized spacial score (nSPS) is 12.2. The summed E-state index contributed by atoms with van der Waals surface area (Å²) < 4.78 is 40.0. The highest BCUT2D eigenvalue weighted by atomic mass is 19.1. The zero-order chi connectivity index (χ0) is 24.7. The van der Waals surface area contributed by atoms with Crippen molar-refractivity contribution >= 4 is 0 Å². The van der Waals surface area contributed by atoms with Crippen LogP contribution in [0.1, 0.15) is 25.1 Å². The smallest absolute Gasteiger partial charge is 0.227 e. The Morgan fingerprint density at radius 1 is 1.09 bits per heavy atom. The molecule has 180 valence electrons. The predicted octanol–water partition coefficient (Wildman–Crippen LogP) is 4.47. The van der Waals surface area contributed by atoms with E-state index in [1.54, 1.807) is 16.8 Å². The van der Waals surface area contributed by atoms with Crippen LogP contribution in [0.2, 0.25) is 0 Å². The Labute approximate surface area is 198 Å². The van der Waals surface area contributed by atoms with E-state index in [9.17, 15) is 13.9 Å².